The number of ether oxygens (including phenoxy) is 1. The molecule has 1 aromatic rings. The molecule has 0 N–H and O–H groups in total. The van der Waals surface area contributed by atoms with E-state index >= 15 is 0 Å². The van der Waals surface area contributed by atoms with Gasteiger partial charge in [0, 0.05) is 7.05 Å². The molecule has 2 rings (SSSR count). The molecule has 0 saturated carbocycles. The van der Waals surface area contributed by atoms with Gasteiger partial charge in [-0.1, -0.05) is 30.3 Å². The molecule has 0 unspecified atom stereocenters. The summed E-state index contributed by atoms with van der Waals surface area (Å²) in [5, 5.41) is 0.617. The molecule has 1 atom stereocenters. The third-order valence-corrected chi connectivity index (χ3v) is 2.95. The van der Waals surface area contributed by atoms with Crippen molar-refractivity contribution in [3.8, 4) is 0 Å². The Bertz CT molecular complexity index is 325. The zero-order valence-electron chi connectivity index (χ0n) is 8.14. The molecule has 3 heteroatoms. The average molecular weight is 207 g/mol. The van der Waals surface area contributed by atoms with Crippen LogP contribution in [0.5, 0.6) is 0 Å². The van der Waals surface area contributed by atoms with Crippen molar-refractivity contribution in [2.45, 2.75) is 12.5 Å². The van der Waals surface area contributed by atoms with Gasteiger partial charge >= 0.3 is 0 Å². The second kappa shape index (κ2) is 3.96. The molecule has 14 heavy (non-hydrogen) atoms. The van der Waals surface area contributed by atoms with E-state index in [2.05, 4.69) is 24.3 Å². The van der Waals surface area contributed by atoms with E-state index in [1.54, 1.807) is 0 Å². The van der Waals surface area contributed by atoms with Crippen LogP contribution in [0.2, 0.25) is 0 Å². The van der Waals surface area contributed by atoms with E-state index in [0.717, 1.165) is 6.42 Å². The molecule has 0 aromatic heterocycles. The van der Waals surface area contributed by atoms with Gasteiger partial charge in [0.25, 0.3) is 5.17 Å². The van der Waals surface area contributed by atoms with Gasteiger partial charge in [0.05, 0.1) is 6.04 Å². The van der Waals surface area contributed by atoms with Gasteiger partial charge in [-0.15, -0.1) is 0 Å². The van der Waals surface area contributed by atoms with Crippen molar-refractivity contribution in [1.29, 1.82) is 0 Å². The number of benzene rings is 1. The van der Waals surface area contributed by atoms with Crippen molar-refractivity contribution in [2.75, 3.05) is 13.7 Å². The highest BCUT2D eigenvalue weighted by Gasteiger charge is 2.26. The van der Waals surface area contributed by atoms with Crippen LogP contribution in [-0.4, -0.2) is 29.8 Å². The maximum absolute atomic E-state index is 5.31. The lowest BCUT2D eigenvalue weighted by Gasteiger charge is -2.17. The monoisotopic (exact) mass is 207 g/mol. The first-order chi connectivity index (χ1) is 6.77. The number of hydrogen-bond acceptors (Lipinski definition) is 2. The fraction of sp³-hybridized carbons (Fsp3) is 0.364. The Morgan fingerprint density at radius 2 is 2.14 bits per heavy atom. The summed E-state index contributed by atoms with van der Waals surface area (Å²) >= 11 is 5.04. The first kappa shape index (κ1) is 9.46. The summed E-state index contributed by atoms with van der Waals surface area (Å²) in [4.78, 5) is 2.03. The number of likely N-dealkylation sites (N-methyl/N-ethyl adjacent to an activating group) is 1. The van der Waals surface area contributed by atoms with E-state index in [4.69, 9.17) is 17.0 Å². The second-order valence-electron chi connectivity index (χ2n) is 3.53. The van der Waals surface area contributed by atoms with Gasteiger partial charge in [-0.25, -0.2) is 0 Å². The molecule has 1 saturated heterocycles. The summed E-state index contributed by atoms with van der Waals surface area (Å²) in [6.07, 6.45) is 0.997. The first-order valence-corrected chi connectivity index (χ1v) is 5.11. The lowest BCUT2D eigenvalue weighted by Crippen LogP contribution is -2.30. The highest BCUT2D eigenvalue weighted by atomic mass is 32.1. The standard InChI is InChI=1S/C11H13NOS/c1-12-10(8-13-11(12)14)7-9-5-3-2-4-6-9/h2-6,10H,7-8H2,1H3/t10-/m1/s1. The van der Waals surface area contributed by atoms with Crippen molar-refractivity contribution in [2.24, 2.45) is 0 Å². The van der Waals surface area contributed by atoms with Crippen LogP contribution in [0.25, 0.3) is 0 Å². The van der Waals surface area contributed by atoms with Crippen LogP contribution >= 0.6 is 12.2 Å². The van der Waals surface area contributed by atoms with Gasteiger partial charge in [0.1, 0.15) is 6.61 Å². The minimum absolute atomic E-state index is 0.393. The van der Waals surface area contributed by atoms with Crippen LogP contribution in [0.3, 0.4) is 0 Å². The Labute approximate surface area is 89.5 Å². The number of rotatable bonds is 2. The number of hydrogen-bond donors (Lipinski definition) is 0. The largest absolute Gasteiger partial charge is 0.469 e. The Morgan fingerprint density at radius 3 is 2.71 bits per heavy atom. The lowest BCUT2D eigenvalue weighted by molar-refractivity contribution is 0.319. The zero-order valence-corrected chi connectivity index (χ0v) is 8.96. The smallest absolute Gasteiger partial charge is 0.259 e. The van der Waals surface area contributed by atoms with Crippen LogP contribution in [0, 0.1) is 0 Å². The van der Waals surface area contributed by atoms with Crippen molar-refractivity contribution in [3.05, 3.63) is 35.9 Å². The Hall–Kier alpha value is -1.09. The molecule has 1 fully saturated rings. The predicted molar refractivity (Wildman–Crippen MR) is 60.2 cm³/mol. The summed E-state index contributed by atoms with van der Waals surface area (Å²) in [5.41, 5.74) is 1.33. The number of nitrogens with zero attached hydrogens (tertiary/aromatic N) is 1. The summed E-state index contributed by atoms with van der Waals surface area (Å²) in [7, 11) is 1.99. The van der Waals surface area contributed by atoms with Gasteiger partial charge in [-0.2, -0.15) is 0 Å². The molecule has 1 aromatic carbocycles. The van der Waals surface area contributed by atoms with Gasteiger partial charge in [0.15, 0.2) is 0 Å². The quantitative estimate of drug-likeness (QED) is 0.687. The molecule has 1 aliphatic rings. The van der Waals surface area contributed by atoms with Crippen LogP contribution in [0.15, 0.2) is 30.3 Å². The normalized spacial score (nSPS) is 21.1. The number of thiocarbonyl (C=S) groups is 1. The van der Waals surface area contributed by atoms with E-state index in [0.29, 0.717) is 17.8 Å². The molecular formula is C11H13NOS. The van der Waals surface area contributed by atoms with Gasteiger partial charge in [0.2, 0.25) is 0 Å². The van der Waals surface area contributed by atoms with Crippen molar-refractivity contribution < 1.29 is 4.74 Å². The Kier molecular flexibility index (Phi) is 2.68. The molecule has 1 aliphatic heterocycles. The summed E-state index contributed by atoms with van der Waals surface area (Å²) in [6.45, 7) is 0.713. The molecule has 74 valence electrons. The van der Waals surface area contributed by atoms with Crippen molar-refractivity contribution in [3.63, 3.8) is 0 Å². The molecule has 0 radical (unpaired) electrons. The predicted octanol–water partition coefficient (Wildman–Crippen LogP) is 1.84. The van der Waals surface area contributed by atoms with Crippen LogP contribution in [-0.2, 0) is 11.2 Å². The van der Waals surface area contributed by atoms with E-state index in [1.807, 2.05) is 18.0 Å². The molecular weight excluding hydrogens is 194 g/mol. The van der Waals surface area contributed by atoms with E-state index in [1.165, 1.54) is 5.56 Å². The molecule has 0 aliphatic carbocycles. The maximum Gasteiger partial charge on any atom is 0.259 e. The van der Waals surface area contributed by atoms with E-state index in [9.17, 15) is 0 Å². The van der Waals surface area contributed by atoms with Gasteiger partial charge < -0.3 is 9.64 Å². The highest BCUT2D eigenvalue weighted by Crippen LogP contribution is 2.14. The van der Waals surface area contributed by atoms with E-state index in [-0.39, 0.29) is 0 Å². The Balaban J connectivity index is 2.02. The molecule has 0 spiro atoms. The second-order valence-corrected chi connectivity index (χ2v) is 3.88. The SMILES string of the molecule is CN1C(=S)OC[C@H]1Cc1ccccc1. The van der Waals surface area contributed by atoms with Gasteiger partial charge in [-0.05, 0) is 24.2 Å². The fourth-order valence-corrected chi connectivity index (χ4v) is 1.83. The molecule has 0 amide bonds. The van der Waals surface area contributed by atoms with Crippen molar-refractivity contribution >= 4 is 17.4 Å². The Morgan fingerprint density at radius 1 is 1.43 bits per heavy atom. The average Bonchev–Trinajstić information content (AvgIpc) is 2.52. The highest BCUT2D eigenvalue weighted by molar-refractivity contribution is 7.80. The van der Waals surface area contributed by atoms with Crippen molar-refractivity contribution in [1.82, 2.24) is 4.90 Å². The lowest BCUT2D eigenvalue weighted by atomic mass is 10.1. The van der Waals surface area contributed by atoms with E-state index < -0.39 is 0 Å². The first-order valence-electron chi connectivity index (χ1n) is 4.71. The minimum Gasteiger partial charge on any atom is -0.469 e. The van der Waals surface area contributed by atoms with Gasteiger partial charge in [-0.3, -0.25) is 0 Å². The maximum atomic E-state index is 5.31. The molecule has 1 heterocycles. The molecule has 0 bridgehead atoms. The van der Waals surface area contributed by atoms with Crippen LogP contribution in [0.1, 0.15) is 5.56 Å². The third-order valence-electron chi connectivity index (χ3n) is 2.55. The zero-order chi connectivity index (χ0) is 9.97. The molecule has 2 nitrogen and oxygen atoms in total. The summed E-state index contributed by atoms with van der Waals surface area (Å²) in [5.74, 6) is 0. The third kappa shape index (κ3) is 1.87. The van der Waals surface area contributed by atoms with Crippen LogP contribution < -0.4 is 0 Å². The minimum atomic E-state index is 0.393. The van der Waals surface area contributed by atoms with Crippen LogP contribution in [0.4, 0.5) is 0 Å². The topological polar surface area (TPSA) is 12.5 Å². The summed E-state index contributed by atoms with van der Waals surface area (Å²) < 4.78 is 5.31. The fourth-order valence-electron chi connectivity index (χ4n) is 1.61. The summed E-state index contributed by atoms with van der Waals surface area (Å²) in [6, 6.07) is 10.8.